The Morgan fingerprint density at radius 1 is 0.844 bits per heavy atom. The lowest BCUT2D eigenvalue weighted by Crippen LogP contribution is -3.00. The van der Waals surface area contributed by atoms with E-state index in [1.54, 1.807) is 43.5 Å². The highest BCUT2D eigenvalue weighted by Crippen LogP contribution is 1.92. The zero-order valence-corrected chi connectivity index (χ0v) is 15.3. The van der Waals surface area contributed by atoms with Gasteiger partial charge in [-0.3, -0.25) is 13.9 Å². The number of hydrogen-bond donors (Lipinski definition) is 2. The summed E-state index contributed by atoms with van der Waals surface area (Å²) in [6.07, 6.45) is 14.2. The van der Waals surface area contributed by atoms with Crippen molar-refractivity contribution in [2.24, 2.45) is 0 Å². The number of aromatic amines is 1. The largest absolute Gasteiger partial charge is 1.00 e. The predicted octanol–water partition coefficient (Wildman–Crippen LogP) is 3.69. The molecule has 13 heteroatoms. The second kappa shape index (κ2) is 42.1. The van der Waals surface area contributed by atoms with E-state index in [9.17, 15) is 4.79 Å². The highest BCUT2D eigenvalue weighted by molar-refractivity contribution is 6.93. The van der Waals surface area contributed by atoms with Gasteiger partial charge in [0.2, 0.25) is 0 Å². The van der Waals surface area contributed by atoms with Crippen LogP contribution >= 0.6 is 23.2 Å². The molecule has 0 radical (unpaired) electrons. The zero-order valence-electron chi connectivity index (χ0n) is 13.0. The van der Waals surface area contributed by atoms with E-state index in [0.717, 1.165) is 0 Å². The fraction of sp³-hybridized carbons (Fsp3) is 0.316. The second-order valence-electron chi connectivity index (χ2n) is 3.21. The van der Waals surface area contributed by atoms with E-state index in [1.807, 2.05) is 0 Å². The number of H-pyrrole nitrogens is 1. The summed E-state index contributed by atoms with van der Waals surface area (Å²) in [6.45, 7) is 7.25. The van der Waals surface area contributed by atoms with Gasteiger partial charge in [-0.05, 0) is 23.2 Å². The lowest BCUT2D eigenvalue weighted by Gasteiger charge is -1.98. The van der Waals surface area contributed by atoms with Gasteiger partial charge < -0.3 is 17.4 Å². The average Bonchev–Trinajstić information content (AvgIpc) is 3.43. The third-order valence-electron chi connectivity index (χ3n) is 1.86. The molecular weight excluding hydrogens is 479 g/mol. The SMILES string of the molecule is C.C.C.C.C.C.C#N.O=C(Cl)Cl.O=C(n1ccnc1)n1ccnc1.[CH+]=N.[Cl-].c1c[nH]cn1. The van der Waals surface area contributed by atoms with Gasteiger partial charge in [0.15, 0.2) is 0 Å². The number of carbonyl (C=O) groups is 2. The Balaban J connectivity index is -0.0000000332. The maximum Gasteiger partial charge on any atom is 0.338 e. The van der Waals surface area contributed by atoms with Crippen LogP contribution in [0.4, 0.5) is 9.59 Å². The molecule has 0 saturated carbocycles. The Kier molecular flexibility index (Phi) is 74.7. The predicted molar refractivity (Wildman–Crippen MR) is 132 cm³/mol. The molecule has 186 valence electrons. The minimum Gasteiger partial charge on any atom is -1.00 e. The minimum absolute atomic E-state index is 0. The van der Waals surface area contributed by atoms with Crippen LogP contribution in [0.15, 0.2) is 56.2 Å². The molecule has 0 saturated heterocycles. The Morgan fingerprint density at radius 3 is 1.34 bits per heavy atom. The van der Waals surface area contributed by atoms with Gasteiger partial charge in [-0.2, -0.15) is 0 Å². The molecule has 3 rings (SSSR count). The molecule has 0 aliphatic carbocycles. The van der Waals surface area contributed by atoms with E-state index in [1.165, 1.54) is 21.8 Å². The van der Waals surface area contributed by atoms with E-state index in [4.69, 9.17) is 15.5 Å². The lowest BCUT2D eigenvalue weighted by atomic mass is 10.8. The summed E-state index contributed by atoms with van der Waals surface area (Å²) in [5, 5.41) is 11.8. The van der Waals surface area contributed by atoms with Gasteiger partial charge in [0, 0.05) is 43.8 Å². The Morgan fingerprint density at radius 2 is 1.19 bits per heavy atom. The quantitative estimate of drug-likeness (QED) is 0.265. The van der Waals surface area contributed by atoms with Gasteiger partial charge in [0.25, 0.3) is 0 Å². The van der Waals surface area contributed by atoms with Gasteiger partial charge >= 0.3 is 17.5 Å². The first kappa shape index (κ1) is 56.8. The first-order chi connectivity index (χ1) is 12.1. The van der Waals surface area contributed by atoms with Crippen LogP contribution in [0.2, 0.25) is 0 Å². The maximum atomic E-state index is 11.4. The van der Waals surface area contributed by atoms with E-state index >= 15 is 0 Å². The molecule has 32 heavy (non-hydrogen) atoms. The Labute approximate surface area is 209 Å². The van der Waals surface area contributed by atoms with Crippen LogP contribution in [0.5, 0.6) is 0 Å². The summed E-state index contributed by atoms with van der Waals surface area (Å²) in [4.78, 5) is 34.3. The molecule has 3 aromatic rings. The topological polar surface area (TPSA) is 146 Å². The third-order valence-corrected chi connectivity index (χ3v) is 1.86. The number of nitriles is 1. The van der Waals surface area contributed by atoms with Crippen molar-refractivity contribution in [1.82, 2.24) is 29.1 Å². The van der Waals surface area contributed by atoms with Gasteiger partial charge in [-0.25, -0.2) is 25.0 Å². The third kappa shape index (κ3) is 31.6. The summed E-state index contributed by atoms with van der Waals surface area (Å²) in [5.74, 6) is 0. The van der Waals surface area contributed by atoms with Crippen molar-refractivity contribution in [3.63, 3.8) is 0 Å². The fourth-order valence-corrected chi connectivity index (χ4v) is 1.09. The minimum atomic E-state index is -0.889. The number of rotatable bonds is 0. The lowest BCUT2D eigenvalue weighted by molar-refractivity contribution is -0.0000138. The van der Waals surface area contributed by atoms with Crippen molar-refractivity contribution < 1.29 is 22.0 Å². The van der Waals surface area contributed by atoms with Crippen molar-refractivity contribution >= 4 is 40.7 Å². The van der Waals surface area contributed by atoms with Crippen LogP contribution in [0.1, 0.15) is 44.6 Å². The standard InChI is InChI=1S/C7H6N4O.C3H4N2.CCl2O.CH2N.CHN.6CH4.ClH/c12-7(10-3-1-8-5-10)11-4-2-9-6-11;1-2-5-3-4-1;2-1(3)4;2*1-2;;;;;;;/h1-6H;1-3H,(H,4,5);;1-2H;1H;6*1H4;1H/q;;;+1;;;;;;;;/p-1. The van der Waals surface area contributed by atoms with Crippen molar-refractivity contribution in [1.29, 1.82) is 10.7 Å². The number of carbonyl (C=O) groups excluding carboxylic acids is 2. The summed E-state index contributed by atoms with van der Waals surface area (Å²) < 4.78 is 1.86. The fourth-order valence-electron chi connectivity index (χ4n) is 1.09. The van der Waals surface area contributed by atoms with Gasteiger partial charge in [0.1, 0.15) is 12.7 Å². The molecule has 0 unspecified atom stereocenters. The Bertz CT molecular complexity index is 632. The van der Waals surface area contributed by atoms with Crippen molar-refractivity contribution in [3.05, 3.63) is 56.2 Å². The maximum absolute atomic E-state index is 11.4. The van der Waals surface area contributed by atoms with E-state index in [0.29, 0.717) is 0 Å². The van der Waals surface area contributed by atoms with E-state index in [2.05, 4.69) is 56.4 Å². The zero-order chi connectivity index (χ0) is 19.5. The average molecular weight is 516 g/mol. The molecule has 0 aliphatic rings. The number of nitrogens with one attached hydrogen (secondary N) is 2. The second-order valence-corrected chi connectivity index (χ2v) is 4.09. The van der Waals surface area contributed by atoms with Crippen molar-refractivity contribution in [2.45, 2.75) is 44.6 Å². The van der Waals surface area contributed by atoms with Crippen LogP contribution in [0.25, 0.3) is 0 Å². The molecule has 0 spiro atoms. The molecule has 3 heterocycles. The van der Waals surface area contributed by atoms with Crippen LogP contribution in [-0.2, 0) is 0 Å². The smallest absolute Gasteiger partial charge is 0.338 e. The molecule has 0 aliphatic heterocycles. The molecule has 0 fully saturated rings. The van der Waals surface area contributed by atoms with Gasteiger partial charge in [-0.15, -0.1) is 0 Å². The molecule has 0 atom stereocenters. The molecule has 3 aromatic heterocycles. The van der Waals surface area contributed by atoms with Crippen LogP contribution in [0, 0.1) is 17.2 Å². The summed E-state index contributed by atoms with van der Waals surface area (Å²) >= 11 is 8.80. The molecule has 0 aromatic carbocycles. The van der Waals surface area contributed by atoms with Crippen LogP contribution in [0.3, 0.4) is 0 Å². The monoisotopic (exact) mass is 514 g/mol. The number of aromatic nitrogens is 6. The number of imidazole rings is 3. The summed E-state index contributed by atoms with van der Waals surface area (Å²) in [5.41, 5.74) is 0. The van der Waals surface area contributed by atoms with Crippen LogP contribution < -0.4 is 12.4 Å². The van der Waals surface area contributed by atoms with E-state index < -0.39 is 4.70 Å². The summed E-state index contributed by atoms with van der Waals surface area (Å²) in [6, 6.07) is -0.190. The first-order valence-electron chi connectivity index (χ1n) is 5.94. The first-order valence-corrected chi connectivity index (χ1v) is 6.70. The molecular formula is C19H37Cl3N8O2. The highest BCUT2D eigenvalue weighted by atomic mass is 35.5. The number of hydrogen-bond acceptors (Lipinski definition) is 7. The number of nitrogens with zero attached hydrogens (tertiary/aromatic N) is 6. The summed E-state index contributed by atoms with van der Waals surface area (Å²) in [7, 11) is 0. The van der Waals surface area contributed by atoms with Crippen LogP contribution in [-0.4, -0.2) is 46.5 Å². The van der Waals surface area contributed by atoms with Gasteiger partial charge in [-0.1, -0.05) is 50.0 Å². The van der Waals surface area contributed by atoms with Crippen molar-refractivity contribution in [2.75, 3.05) is 0 Å². The number of halogens is 3. The normalized spacial score (nSPS) is 5.97. The van der Waals surface area contributed by atoms with Gasteiger partial charge in [0.05, 0.1) is 6.33 Å². The van der Waals surface area contributed by atoms with E-state index in [-0.39, 0.29) is 63.0 Å². The molecule has 2 N–H and O–H groups in total. The Hall–Kier alpha value is -3.09. The van der Waals surface area contributed by atoms with Crippen molar-refractivity contribution in [3.8, 4) is 6.57 Å². The molecule has 0 amide bonds. The molecule has 10 nitrogen and oxygen atoms in total. The molecule has 0 bridgehead atoms. The highest BCUT2D eigenvalue weighted by Gasteiger charge is 2.03.